The molecule has 0 bridgehead atoms. The SMILES string of the molecule is O=C(O)c1ccc(CCC(=O)N2CCOC3(CCCC3)C2)cc1. The van der Waals surface area contributed by atoms with Crippen molar-refractivity contribution in [1.29, 1.82) is 0 Å². The number of hydrogen-bond donors (Lipinski definition) is 1. The molecule has 1 aromatic carbocycles. The first-order valence-corrected chi connectivity index (χ1v) is 8.32. The molecular weight excluding hydrogens is 294 g/mol. The number of amides is 1. The molecule has 1 aliphatic heterocycles. The van der Waals surface area contributed by atoms with Crippen molar-refractivity contribution >= 4 is 11.9 Å². The highest BCUT2D eigenvalue weighted by molar-refractivity contribution is 5.87. The molecule has 1 N–H and O–H groups in total. The van der Waals surface area contributed by atoms with E-state index in [0.29, 0.717) is 26.0 Å². The van der Waals surface area contributed by atoms with Crippen LogP contribution in [0.1, 0.15) is 48.0 Å². The third-order valence-electron chi connectivity index (χ3n) is 4.94. The Bertz CT molecular complexity index is 575. The largest absolute Gasteiger partial charge is 0.478 e. The van der Waals surface area contributed by atoms with Crippen LogP contribution in [0.2, 0.25) is 0 Å². The summed E-state index contributed by atoms with van der Waals surface area (Å²) in [6, 6.07) is 6.75. The molecule has 1 aliphatic carbocycles. The molecule has 0 atom stereocenters. The maximum Gasteiger partial charge on any atom is 0.335 e. The van der Waals surface area contributed by atoms with Gasteiger partial charge in [-0.3, -0.25) is 4.79 Å². The molecule has 1 heterocycles. The van der Waals surface area contributed by atoms with Crippen molar-refractivity contribution in [3.8, 4) is 0 Å². The number of nitrogens with zero attached hydrogens (tertiary/aromatic N) is 1. The fraction of sp³-hybridized carbons (Fsp3) is 0.556. The number of rotatable bonds is 4. The monoisotopic (exact) mass is 317 g/mol. The molecule has 1 spiro atoms. The summed E-state index contributed by atoms with van der Waals surface area (Å²) in [5, 5.41) is 8.89. The second-order valence-corrected chi connectivity index (χ2v) is 6.56. The number of morpholine rings is 1. The van der Waals surface area contributed by atoms with Gasteiger partial charge in [0.05, 0.1) is 17.8 Å². The van der Waals surface area contributed by atoms with E-state index in [9.17, 15) is 9.59 Å². The Morgan fingerprint density at radius 1 is 1.17 bits per heavy atom. The quantitative estimate of drug-likeness (QED) is 0.926. The topological polar surface area (TPSA) is 66.8 Å². The minimum Gasteiger partial charge on any atom is -0.478 e. The van der Waals surface area contributed by atoms with Crippen molar-refractivity contribution in [2.75, 3.05) is 19.7 Å². The Hall–Kier alpha value is -1.88. The first-order chi connectivity index (χ1) is 11.1. The van der Waals surface area contributed by atoms with Crippen molar-refractivity contribution in [3.05, 3.63) is 35.4 Å². The van der Waals surface area contributed by atoms with E-state index in [4.69, 9.17) is 9.84 Å². The summed E-state index contributed by atoms with van der Waals surface area (Å²) in [4.78, 5) is 25.2. The van der Waals surface area contributed by atoms with Gasteiger partial charge in [-0.2, -0.15) is 0 Å². The first kappa shape index (κ1) is 16.0. The summed E-state index contributed by atoms with van der Waals surface area (Å²) in [6.45, 7) is 2.04. The van der Waals surface area contributed by atoms with Crippen molar-refractivity contribution in [1.82, 2.24) is 4.90 Å². The Balaban J connectivity index is 1.53. The van der Waals surface area contributed by atoms with E-state index in [0.717, 1.165) is 24.9 Å². The predicted octanol–water partition coefficient (Wildman–Crippen LogP) is 2.49. The van der Waals surface area contributed by atoms with Gasteiger partial charge in [-0.05, 0) is 37.0 Å². The Labute approximate surface area is 136 Å². The minimum atomic E-state index is -0.928. The zero-order valence-electron chi connectivity index (χ0n) is 13.3. The number of carbonyl (C=O) groups is 2. The van der Waals surface area contributed by atoms with Crippen molar-refractivity contribution < 1.29 is 19.4 Å². The van der Waals surface area contributed by atoms with E-state index < -0.39 is 5.97 Å². The Morgan fingerprint density at radius 3 is 2.52 bits per heavy atom. The fourth-order valence-electron chi connectivity index (χ4n) is 3.60. The molecule has 5 heteroatoms. The van der Waals surface area contributed by atoms with Crippen LogP contribution in [0.15, 0.2) is 24.3 Å². The molecule has 0 unspecified atom stereocenters. The summed E-state index contributed by atoms with van der Waals surface area (Å²) in [6.07, 6.45) is 5.61. The van der Waals surface area contributed by atoms with Crippen LogP contribution in [0.4, 0.5) is 0 Å². The second-order valence-electron chi connectivity index (χ2n) is 6.56. The normalized spacial score (nSPS) is 19.9. The fourth-order valence-corrected chi connectivity index (χ4v) is 3.60. The number of carboxylic acids is 1. The molecule has 1 aromatic rings. The summed E-state index contributed by atoms with van der Waals surface area (Å²) in [5.74, 6) is -0.760. The number of aromatic carboxylic acids is 1. The van der Waals surface area contributed by atoms with E-state index in [1.165, 1.54) is 12.8 Å². The van der Waals surface area contributed by atoms with Crippen LogP contribution in [-0.4, -0.2) is 47.2 Å². The summed E-state index contributed by atoms with van der Waals surface area (Å²) < 4.78 is 5.96. The number of aryl methyl sites for hydroxylation is 1. The zero-order chi connectivity index (χ0) is 16.3. The highest BCUT2D eigenvalue weighted by atomic mass is 16.5. The predicted molar refractivity (Wildman–Crippen MR) is 85.5 cm³/mol. The maximum absolute atomic E-state index is 12.5. The van der Waals surface area contributed by atoms with Crippen molar-refractivity contribution in [2.24, 2.45) is 0 Å². The Kier molecular flexibility index (Phi) is 4.66. The molecule has 0 aromatic heterocycles. The molecule has 0 radical (unpaired) electrons. The molecule has 1 saturated carbocycles. The van der Waals surface area contributed by atoms with Gasteiger partial charge in [-0.15, -0.1) is 0 Å². The molecular formula is C18H23NO4. The van der Waals surface area contributed by atoms with Crippen molar-refractivity contribution in [3.63, 3.8) is 0 Å². The van der Waals surface area contributed by atoms with Crippen LogP contribution in [0.5, 0.6) is 0 Å². The van der Waals surface area contributed by atoms with Gasteiger partial charge in [0.25, 0.3) is 0 Å². The molecule has 5 nitrogen and oxygen atoms in total. The van der Waals surface area contributed by atoms with E-state index in [2.05, 4.69) is 0 Å². The van der Waals surface area contributed by atoms with Crippen LogP contribution >= 0.6 is 0 Å². The summed E-state index contributed by atoms with van der Waals surface area (Å²) >= 11 is 0. The molecule has 1 saturated heterocycles. The van der Waals surface area contributed by atoms with Gasteiger partial charge in [-0.1, -0.05) is 25.0 Å². The van der Waals surface area contributed by atoms with E-state index >= 15 is 0 Å². The molecule has 1 amide bonds. The lowest BCUT2D eigenvalue weighted by atomic mass is 9.99. The molecule has 3 rings (SSSR count). The third-order valence-corrected chi connectivity index (χ3v) is 4.94. The van der Waals surface area contributed by atoms with E-state index in [1.54, 1.807) is 24.3 Å². The van der Waals surface area contributed by atoms with Gasteiger partial charge >= 0.3 is 5.97 Å². The number of ether oxygens (including phenoxy) is 1. The van der Waals surface area contributed by atoms with E-state index in [-0.39, 0.29) is 17.1 Å². The lowest BCUT2D eigenvalue weighted by Crippen LogP contribution is -2.52. The van der Waals surface area contributed by atoms with Crippen LogP contribution in [0.3, 0.4) is 0 Å². The average molecular weight is 317 g/mol. The zero-order valence-corrected chi connectivity index (χ0v) is 13.3. The molecule has 2 fully saturated rings. The van der Waals surface area contributed by atoms with Crippen LogP contribution in [0.25, 0.3) is 0 Å². The molecule has 23 heavy (non-hydrogen) atoms. The standard InChI is InChI=1S/C18H23NO4/c20-16(8-5-14-3-6-15(7-4-14)17(21)22)19-11-12-23-18(13-19)9-1-2-10-18/h3-4,6-7H,1-2,5,8-13H2,(H,21,22). The molecule has 2 aliphatic rings. The number of carboxylic acid groups (broad SMARTS) is 1. The average Bonchev–Trinajstić information content (AvgIpc) is 3.00. The third kappa shape index (κ3) is 3.72. The van der Waals surface area contributed by atoms with E-state index in [1.807, 2.05) is 4.90 Å². The van der Waals surface area contributed by atoms with Gasteiger partial charge < -0.3 is 14.7 Å². The number of carbonyl (C=O) groups excluding carboxylic acids is 1. The smallest absolute Gasteiger partial charge is 0.335 e. The van der Waals surface area contributed by atoms with Crippen LogP contribution in [-0.2, 0) is 16.0 Å². The number of hydrogen-bond acceptors (Lipinski definition) is 3. The second kappa shape index (κ2) is 6.71. The lowest BCUT2D eigenvalue weighted by Gasteiger charge is -2.40. The van der Waals surface area contributed by atoms with Gasteiger partial charge in [-0.25, -0.2) is 4.79 Å². The van der Waals surface area contributed by atoms with Gasteiger partial charge in [0, 0.05) is 19.5 Å². The minimum absolute atomic E-state index is 0.0863. The molecule has 124 valence electrons. The van der Waals surface area contributed by atoms with Gasteiger partial charge in [0.2, 0.25) is 5.91 Å². The highest BCUT2D eigenvalue weighted by Crippen LogP contribution is 2.35. The van der Waals surface area contributed by atoms with Gasteiger partial charge in [0.15, 0.2) is 0 Å². The highest BCUT2D eigenvalue weighted by Gasteiger charge is 2.40. The first-order valence-electron chi connectivity index (χ1n) is 8.32. The number of benzene rings is 1. The lowest BCUT2D eigenvalue weighted by molar-refractivity contribution is -0.149. The summed E-state index contributed by atoms with van der Waals surface area (Å²) in [7, 11) is 0. The Morgan fingerprint density at radius 2 is 1.87 bits per heavy atom. The summed E-state index contributed by atoms with van der Waals surface area (Å²) in [5.41, 5.74) is 1.18. The van der Waals surface area contributed by atoms with Crippen molar-refractivity contribution in [2.45, 2.75) is 44.1 Å². The van der Waals surface area contributed by atoms with Crippen LogP contribution < -0.4 is 0 Å². The van der Waals surface area contributed by atoms with Crippen LogP contribution in [0, 0.1) is 0 Å². The van der Waals surface area contributed by atoms with Gasteiger partial charge in [0.1, 0.15) is 0 Å². The maximum atomic E-state index is 12.5.